The average molecular weight is 165 g/mol. The van der Waals surface area contributed by atoms with Crippen LogP contribution in [0.15, 0.2) is 11.6 Å². The van der Waals surface area contributed by atoms with E-state index in [1.807, 2.05) is 0 Å². The van der Waals surface area contributed by atoms with E-state index >= 15 is 0 Å². The Hall–Kier alpha value is -0.630. The van der Waals surface area contributed by atoms with Gasteiger partial charge >= 0.3 is 0 Å². The fraction of sp³-hybridized carbons (Fsp3) is 0.700. The molecular weight excluding hydrogens is 150 g/mol. The summed E-state index contributed by atoms with van der Waals surface area (Å²) in [5.74, 6) is 0.711. The minimum absolute atomic E-state index is 0.300. The molecule has 1 N–H and O–H groups in total. The summed E-state index contributed by atoms with van der Waals surface area (Å²) in [7, 11) is 0. The van der Waals surface area contributed by atoms with Crippen LogP contribution in [0.5, 0.6) is 0 Å². The molecule has 1 saturated heterocycles. The topological polar surface area (TPSA) is 29.1 Å². The molecule has 0 atom stereocenters. The minimum Gasteiger partial charge on any atom is -0.315 e. The van der Waals surface area contributed by atoms with E-state index in [9.17, 15) is 4.79 Å². The van der Waals surface area contributed by atoms with Gasteiger partial charge < -0.3 is 5.32 Å². The Labute approximate surface area is 73.0 Å². The van der Waals surface area contributed by atoms with Crippen molar-refractivity contribution in [1.29, 1.82) is 0 Å². The number of hydrogen-bond acceptors (Lipinski definition) is 2. The summed E-state index contributed by atoms with van der Waals surface area (Å²) >= 11 is 0. The van der Waals surface area contributed by atoms with Gasteiger partial charge in [0.2, 0.25) is 0 Å². The highest BCUT2D eigenvalue weighted by Gasteiger charge is 2.27. The summed E-state index contributed by atoms with van der Waals surface area (Å²) in [6, 6.07) is 0. The van der Waals surface area contributed by atoms with Crippen molar-refractivity contribution in [3.05, 3.63) is 11.6 Å². The number of Topliss-reactive ketones (excluding diaryl/α,β-unsaturated/α-hetero) is 1. The fourth-order valence-corrected chi connectivity index (χ4v) is 1.80. The van der Waals surface area contributed by atoms with Crippen LogP contribution in [-0.4, -0.2) is 18.9 Å². The van der Waals surface area contributed by atoms with E-state index in [2.05, 4.69) is 11.4 Å². The van der Waals surface area contributed by atoms with Gasteiger partial charge in [0, 0.05) is 19.0 Å². The quantitative estimate of drug-likeness (QED) is 0.667. The van der Waals surface area contributed by atoms with Crippen molar-refractivity contribution < 1.29 is 4.79 Å². The van der Waals surface area contributed by atoms with E-state index in [0.717, 1.165) is 31.5 Å². The Kier molecular flexibility index (Phi) is 2.26. The zero-order valence-electron chi connectivity index (χ0n) is 7.31. The lowest BCUT2D eigenvalue weighted by Crippen LogP contribution is -2.47. The van der Waals surface area contributed by atoms with Gasteiger partial charge in [-0.2, -0.15) is 0 Å². The molecule has 12 heavy (non-hydrogen) atoms. The molecule has 0 unspecified atom stereocenters. The van der Waals surface area contributed by atoms with Crippen molar-refractivity contribution in [1.82, 2.24) is 5.32 Å². The molecule has 2 rings (SSSR count). The molecular formula is C10H15NO. The predicted molar refractivity (Wildman–Crippen MR) is 47.9 cm³/mol. The molecule has 0 aromatic carbocycles. The van der Waals surface area contributed by atoms with E-state index in [1.165, 1.54) is 12.8 Å². The van der Waals surface area contributed by atoms with Crippen molar-refractivity contribution >= 4 is 5.78 Å². The first-order valence-electron chi connectivity index (χ1n) is 4.82. The zero-order valence-corrected chi connectivity index (χ0v) is 7.31. The number of allylic oxidation sites excluding steroid dienone is 2. The molecule has 2 aliphatic rings. The zero-order chi connectivity index (χ0) is 8.39. The van der Waals surface area contributed by atoms with Crippen LogP contribution in [0.25, 0.3) is 0 Å². The lowest BCUT2D eigenvalue weighted by atomic mass is 9.87. The van der Waals surface area contributed by atoms with Gasteiger partial charge in [0.1, 0.15) is 0 Å². The third-order valence-corrected chi connectivity index (χ3v) is 2.76. The second-order valence-electron chi connectivity index (χ2n) is 3.69. The standard InChI is InChI=1S/C10H15NO/c12-10(9-6-11-7-9)8-4-2-1-3-5-8/h4,9,11H,1-3,5-7H2. The molecule has 2 heteroatoms. The summed E-state index contributed by atoms with van der Waals surface area (Å²) in [5, 5.41) is 3.13. The molecule has 0 radical (unpaired) electrons. The Morgan fingerprint density at radius 3 is 2.75 bits per heavy atom. The molecule has 1 aliphatic carbocycles. The Bertz CT molecular complexity index is 216. The summed E-state index contributed by atoms with van der Waals surface area (Å²) in [6.07, 6.45) is 6.75. The lowest BCUT2D eigenvalue weighted by Gasteiger charge is -2.27. The number of ketones is 1. The first kappa shape index (κ1) is 7.99. The number of nitrogens with one attached hydrogen (secondary N) is 1. The van der Waals surface area contributed by atoms with Crippen molar-refractivity contribution in [2.45, 2.75) is 25.7 Å². The normalized spacial score (nSPS) is 24.5. The highest BCUT2D eigenvalue weighted by atomic mass is 16.1. The van der Waals surface area contributed by atoms with Gasteiger partial charge in [0.15, 0.2) is 5.78 Å². The smallest absolute Gasteiger partial charge is 0.164 e. The van der Waals surface area contributed by atoms with Crippen LogP contribution in [0.1, 0.15) is 25.7 Å². The van der Waals surface area contributed by atoms with Crippen molar-refractivity contribution in [3.8, 4) is 0 Å². The van der Waals surface area contributed by atoms with Crippen LogP contribution < -0.4 is 5.32 Å². The van der Waals surface area contributed by atoms with E-state index in [4.69, 9.17) is 0 Å². The van der Waals surface area contributed by atoms with Gasteiger partial charge in [-0.1, -0.05) is 6.08 Å². The Morgan fingerprint density at radius 1 is 1.42 bits per heavy atom. The summed E-state index contributed by atoms with van der Waals surface area (Å²) in [4.78, 5) is 11.7. The van der Waals surface area contributed by atoms with E-state index in [0.29, 0.717) is 11.7 Å². The number of carbonyl (C=O) groups excluding carboxylic acids is 1. The molecule has 1 aliphatic heterocycles. The van der Waals surface area contributed by atoms with Crippen LogP contribution in [-0.2, 0) is 4.79 Å². The second-order valence-corrected chi connectivity index (χ2v) is 3.69. The average Bonchev–Trinajstić information content (AvgIpc) is 2.03. The summed E-state index contributed by atoms with van der Waals surface area (Å²) in [5.41, 5.74) is 1.10. The fourth-order valence-electron chi connectivity index (χ4n) is 1.80. The Balaban J connectivity index is 1.97. The van der Waals surface area contributed by atoms with E-state index in [1.54, 1.807) is 0 Å². The molecule has 0 aromatic rings. The van der Waals surface area contributed by atoms with Gasteiger partial charge in [0.05, 0.1) is 0 Å². The van der Waals surface area contributed by atoms with Gasteiger partial charge in [-0.05, 0) is 31.3 Å². The monoisotopic (exact) mass is 165 g/mol. The third kappa shape index (κ3) is 1.44. The number of rotatable bonds is 2. The van der Waals surface area contributed by atoms with Crippen LogP contribution >= 0.6 is 0 Å². The maximum absolute atomic E-state index is 11.7. The summed E-state index contributed by atoms with van der Waals surface area (Å²) < 4.78 is 0. The van der Waals surface area contributed by atoms with Gasteiger partial charge in [-0.25, -0.2) is 0 Å². The van der Waals surface area contributed by atoms with Gasteiger partial charge in [-0.3, -0.25) is 4.79 Å². The van der Waals surface area contributed by atoms with Crippen LogP contribution in [0.2, 0.25) is 0 Å². The maximum Gasteiger partial charge on any atom is 0.164 e. The molecule has 0 bridgehead atoms. The highest BCUT2D eigenvalue weighted by molar-refractivity contribution is 5.98. The van der Waals surface area contributed by atoms with Crippen molar-refractivity contribution in [3.63, 3.8) is 0 Å². The van der Waals surface area contributed by atoms with E-state index < -0.39 is 0 Å². The molecule has 2 nitrogen and oxygen atoms in total. The molecule has 0 saturated carbocycles. The van der Waals surface area contributed by atoms with Crippen molar-refractivity contribution in [2.75, 3.05) is 13.1 Å². The third-order valence-electron chi connectivity index (χ3n) is 2.76. The largest absolute Gasteiger partial charge is 0.315 e. The van der Waals surface area contributed by atoms with Gasteiger partial charge in [-0.15, -0.1) is 0 Å². The predicted octanol–water partition coefficient (Wildman–Crippen LogP) is 1.28. The molecule has 1 fully saturated rings. The molecule has 1 heterocycles. The minimum atomic E-state index is 0.300. The first-order valence-corrected chi connectivity index (χ1v) is 4.82. The molecule has 0 aromatic heterocycles. The van der Waals surface area contributed by atoms with E-state index in [-0.39, 0.29) is 0 Å². The highest BCUT2D eigenvalue weighted by Crippen LogP contribution is 2.22. The number of hydrogen-bond donors (Lipinski definition) is 1. The molecule has 0 amide bonds. The first-order chi connectivity index (χ1) is 5.88. The van der Waals surface area contributed by atoms with Crippen LogP contribution in [0, 0.1) is 5.92 Å². The summed E-state index contributed by atoms with van der Waals surface area (Å²) in [6.45, 7) is 1.80. The lowest BCUT2D eigenvalue weighted by molar-refractivity contribution is -0.120. The SMILES string of the molecule is O=C(C1=CCCCC1)C1CNC1. The van der Waals surface area contributed by atoms with Crippen LogP contribution in [0.3, 0.4) is 0 Å². The van der Waals surface area contributed by atoms with Crippen molar-refractivity contribution in [2.24, 2.45) is 5.92 Å². The van der Waals surface area contributed by atoms with Crippen LogP contribution in [0.4, 0.5) is 0 Å². The molecule has 0 spiro atoms. The number of carbonyl (C=O) groups is 1. The maximum atomic E-state index is 11.7. The second kappa shape index (κ2) is 3.40. The Morgan fingerprint density at radius 2 is 2.25 bits per heavy atom. The van der Waals surface area contributed by atoms with Gasteiger partial charge in [0.25, 0.3) is 0 Å². The molecule has 66 valence electrons.